The van der Waals surface area contributed by atoms with Crippen molar-refractivity contribution in [2.24, 2.45) is 0 Å². The third-order valence-corrected chi connectivity index (χ3v) is 7.62. The fourth-order valence-electron chi connectivity index (χ4n) is 3.73. The number of nitrogens with zero attached hydrogens (tertiary/aromatic N) is 1. The van der Waals surface area contributed by atoms with Gasteiger partial charge in [-0.2, -0.15) is 4.31 Å². The second-order valence-electron chi connectivity index (χ2n) is 7.58. The zero-order chi connectivity index (χ0) is 21.3. The Morgan fingerprint density at radius 1 is 1.20 bits per heavy atom. The quantitative estimate of drug-likeness (QED) is 0.623. The Morgan fingerprint density at radius 2 is 2.00 bits per heavy atom. The number of aryl methyl sites for hydroxylation is 1. The van der Waals surface area contributed by atoms with Crippen molar-refractivity contribution in [1.82, 2.24) is 9.29 Å². The van der Waals surface area contributed by atoms with E-state index in [9.17, 15) is 13.2 Å². The molecule has 0 bridgehead atoms. The van der Waals surface area contributed by atoms with Gasteiger partial charge in [-0.05, 0) is 55.5 Å². The molecule has 158 valence electrons. The molecule has 1 aromatic heterocycles. The summed E-state index contributed by atoms with van der Waals surface area (Å²) in [6, 6.07) is 13.8. The van der Waals surface area contributed by atoms with Crippen LogP contribution in [0.1, 0.15) is 24.0 Å². The van der Waals surface area contributed by atoms with E-state index in [1.807, 2.05) is 25.1 Å². The van der Waals surface area contributed by atoms with Gasteiger partial charge in [0.15, 0.2) is 0 Å². The highest BCUT2D eigenvalue weighted by Gasteiger charge is 2.31. The maximum atomic E-state index is 13.4. The van der Waals surface area contributed by atoms with Crippen molar-refractivity contribution in [3.63, 3.8) is 0 Å². The van der Waals surface area contributed by atoms with Gasteiger partial charge in [0, 0.05) is 30.8 Å². The van der Waals surface area contributed by atoms with E-state index in [1.165, 1.54) is 10.4 Å². The zero-order valence-electron chi connectivity index (χ0n) is 16.6. The molecule has 1 aliphatic heterocycles. The molecule has 0 saturated carbocycles. The maximum absolute atomic E-state index is 13.4. The maximum Gasteiger partial charge on any atom is 0.252 e. The van der Waals surface area contributed by atoms with Crippen molar-refractivity contribution in [2.45, 2.75) is 37.3 Å². The predicted octanol–water partition coefficient (Wildman–Crippen LogP) is 3.86. The molecule has 1 fully saturated rings. The fraction of sp³-hybridized carbons (Fsp3) is 0.318. The van der Waals surface area contributed by atoms with E-state index in [2.05, 4.69) is 4.98 Å². The Hall–Kier alpha value is -2.19. The van der Waals surface area contributed by atoms with Crippen molar-refractivity contribution in [2.75, 3.05) is 13.2 Å². The van der Waals surface area contributed by atoms with Crippen molar-refractivity contribution in [3.05, 3.63) is 75.0 Å². The number of rotatable bonds is 6. The highest BCUT2D eigenvalue weighted by Crippen LogP contribution is 2.27. The lowest BCUT2D eigenvalue weighted by atomic mass is 10.1. The van der Waals surface area contributed by atoms with Gasteiger partial charge in [0.1, 0.15) is 4.90 Å². The molecule has 0 unspecified atom stereocenters. The van der Waals surface area contributed by atoms with Crippen LogP contribution in [-0.4, -0.2) is 37.0 Å². The summed E-state index contributed by atoms with van der Waals surface area (Å²) in [5.74, 6) is 0. The number of hydrogen-bond donors (Lipinski definition) is 1. The van der Waals surface area contributed by atoms with E-state index >= 15 is 0 Å². The molecule has 0 amide bonds. The topological polar surface area (TPSA) is 79.5 Å². The summed E-state index contributed by atoms with van der Waals surface area (Å²) in [7, 11) is -3.93. The highest BCUT2D eigenvalue weighted by atomic mass is 35.5. The van der Waals surface area contributed by atoms with Gasteiger partial charge in [-0.25, -0.2) is 8.42 Å². The van der Waals surface area contributed by atoms with Gasteiger partial charge < -0.3 is 9.72 Å². The fourth-order valence-corrected chi connectivity index (χ4v) is 5.68. The SMILES string of the molecule is Cc1ccc2[nH]c(=O)c(CN(C[C@H]3CCCO3)S(=O)(=O)c3ccccc3Cl)cc2c1. The van der Waals surface area contributed by atoms with Crippen LogP contribution >= 0.6 is 11.6 Å². The zero-order valence-corrected chi connectivity index (χ0v) is 18.2. The van der Waals surface area contributed by atoms with Crippen molar-refractivity contribution in [3.8, 4) is 0 Å². The van der Waals surface area contributed by atoms with Crippen LogP contribution in [0.15, 0.2) is 58.2 Å². The lowest BCUT2D eigenvalue weighted by molar-refractivity contribution is 0.0925. The molecule has 1 N–H and O–H groups in total. The van der Waals surface area contributed by atoms with Crippen LogP contribution in [0, 0.1) is 6.92 Å². The lowest BCUT2D eigenvalue weighted by Crippen LogP contribution is -2.38. The van der Waals surface area contributed by atoms with E-state index in [-0.39, 0.29) is 34.7 Å². The van der Waals surface area contributed by atoms with Crippen LogP contribution in [-0.2, 0) is 21.3 Å². The van der Waals surface area contributed by atoms with E-state index < -0.39 is 10.0 Å². The summed E-state index contributed by atoms with van der Waals surface area (Å²) in [6.07, 6.45) is 1.46. The third-order valence-electron chi connectivity index (χ3n) is 5.31. The smallest absolute Gasteiger partial charge is 0.252 e. The van der Waals surface area contributed by atoms with Gasteiger partial charge in [-0.15, -0.1) is 0 Å². The van der Waals surface area contributed by atoms with Crippen LogP contribution in [0.4, 0.5) is 0 Å². The van der Waals surface area contributed by atoms with Gasteiger partial charge in [0.25, 0.3) is 5.56 Å². The second-order valence-corrected chi connectivity index (χ2v) is 9.89. The Morgan fingerprint density at radius 3 is 2.73 bits per heavy atom. The van der Waals surface area contributed by atoms with Gasteiger partial charge in [-0.3, -0.25) is 4.79 Å². The van der Waals surface area contributed by atoms with Gasteiger partial charge in [0.05, 0.1) is 11.1 Å². The monoisotopic (exact) mass is 446 g/mol. The van der Waals surface area contributed by atoms with E-state index in [0.29, 0.717) is 17.7 Å². The van der Waals surface area contributed by atoms with Crippen LogP contribution < -0.4 is 5.56 Å². The number of sulfonamides is 1. The molecule has 0 aliphatic carbocycles. The molecule has 2 heterocycles. The molecule has 30 heavy (non-hydrogen) atoms. The largest absolute Gasteiger partial charge is 0.377 e. The number of hydrogen-bond acceptors (Lipinski definition) is 4. The Labute approximate surface area is 180 Å². The van der Waals surface area contributed by atoms with Crippen LogP contribution in [0.25, 0.3) is 10.9 Å². The minimum absolute atomic E-state index is 0.0257. The molecule has 1 aliphatic rings. The first-order valence-corrected chi connectivity index (χ1v) is 11.7. The molecule has 0 spiro atoms. The van der Waals surface area contributed by atoms with E-state index in [4.69, 9.17) is 16.3 Å². The van der Waals surface area contributed by atoms with Crippen molar-refractivity contribution < 1.29 is 13.2 Å². The van der Waals surface area contributed by atoms with Gasteiger partial charge >= 0.3 is 0 Å². The Kier molecular flexibility index (Phi) is 5.97. The standard InChI is InChI=1S/C22H23ClN2O4S/c1-15-8-9-20-16(11-15)12-17(22(26)24-20)13-25(14-18-5-4-10-29-18)30(27,28)21-7-3-2-6-19(21)23/h2-3,6-9,11-12,18H,4-5,10,13-14H2,1H3,(H,24,26)/t18-/m1/s1. The summed E-state index contributed by atoms with van der Waals surface area (Å²) < 4.78 is 33.9. The van der Waals surface area contributed by atoms with Crippen molar-refractivity contribution in [1.29, 1.82) is 0 Å². The summed E-state index contributed by atoms with van der Waals surface area (Å²) in [5.41, 5.74) is 1.84. The Balaban J connectivity index is 1.75. The Bertz CT molecular complexity index is 1230. The normalized spacial score (nSPS) is 17.1. The van der Waals surface area contributed by atoms with E-state index in [1.54, 1.807) is 24.3 Å². The molecule has 1 saturated heterocycles. The average Bonchev–Trinajstić information content (AvgIpc) is 3.21. The van der Waals surface area contributed by atoms with Crippen LogP contribution in [0.3, 0.4) is 0 Å². The number of aromatic amines is 1. The number of H-pyrrole nitrogens is 1. The number of halogens is 1. The number of benzene rings is 2. The van der Waals surface area contributed by atoms with Crippen LogP contribution in [0.5, 0.6) is 0 Å². The molecular formula is C22H23ClN2O4S. The first-order chi connectivity index (χ1) is 14.3. The molecule has 8 heteroatoms. The molecule has 1 atom stereocenters. The van der Waals surface area contributed by atoms with Gasteiger partial charge in [0.2, 0.25) is 10.0 Å². The molecule has 2 aromatic carbocycles. The minimum atomic E-state index is -3.93. The number of ether oxygens (including phenoxy) is 1. The molecule has 4 rings (SSSR count). The molecule has 3 aromatic rings. The lowest BCUT2D eigenvalue weighted by Gasteiger charge is -2.25. The summed E-state index contributed by atoms with van der Waals surface area (Å²) >= 11 is 6.19. The van der Waals surface area contributed by atoms with Crippen molar-refractivity contribution >= 4 is 32.5 Å². The number of nitrogens with one attached hydrogen (secondary N) is 1. The predicted molar refractivity (Wildman–Crippen MR) is 117 cm³/mol. The number of aromatic nitrogens is 1. The number of pyridine rings is 1. The minimum Gasteiger partial charge on any atom is -0.377 e. The van der Waals surface area contributed by atoms with Gasteiger partial charge in [-0.1, -0.05) is 35.4 Å². The number of fused-ring (bicyclic) bond motifs is 1. The average molecular weight is 447 g/mol. The summed E-state index contributed by atoms with van der Waals surface area (Å²) in [5, 5.41) is 1.01. The second kappa shape index (κ2) is 8.51. The third kappa shape index (κ3) is 4.30. The molecule has 0 radical (unpaired) electrons. The van der Waals surface area contributed by atoms with E-state index in [0.717, 1.165) is 23.8 Å². The first-order valence-electron chi connectivity index (χ1n) is 9.83. The highest BCUT2D eigenvalue weighted by molar-refractivity contribution is 7.89. The molecular weight excluding hydrogens is 424 g/mol. The summed E-state index contributed by atoms with van der Waals surface area (Å²) in [4.78, 5) is 15.6. The first kappa shape index (κ1) is 21.1. The molecule has 6 nitrogen and oxygen atoms in total. The van der Waals surface area contributed by atoms with Crippen LogP contribution in [0.2, 0.25) is 5.02 Å². The summed E-state index contributed by atoms with van der Waals surface area (Å²) in [6.45, 7) is 2.68.